The molecule has 1 saturated carbocycles. The number of primary amides is 1. The van der Waals surface area contributed by atoms with Crippen molar-refractivity contribution in [1.82, 2.24) is 0 Å². The smallest absolute Gasteiger partial charge is 0.235 e. The Kier molecular flexibility index (Phi) is 6.08. The molecule has 0 bridgehead atoms. The first-order valence-electron chi connectivity index (χ1n) is 6.83. The van der Waals surface area contributed by atoms with Crippen molar-refractivity contribution in [3.05, 3.63) is 35.9 Å². The summed E-state index contributed by atoms with van der Waals surface area (Å²) in [5.41, 5.74) is 6.46. The summed E-state index contributed by atoms with van der Waals surface area (Å²) in [6.45, 7) is 4.09. The van der Waals surface area contributed by atoms with Crippen LogP contribution in [0.15, 0.2) is 30.3 Å². The molecule has 1 aromatic carbocycles. The highest BCUT2D eigenvalue weighted by Gasteiger charge is 2.35. The SMILES string of the molecule is CC(C1CC1)C(C#N)C(N)=O.CCc1ccccc1. The maximum Gasteiger partial charge on any atom is 0.235 e. The van der Waals surface area contributed by atoms with E-state index >= 15 is 0 Å². The lowest BCUT2D eigenvalue weighted by atomic mass is 9.90. The van der Waals surface area contributed by atoms with Gasteiger partial charge in [0, 0.05) is 0 Å². The quantitative estimate of drug-likeness (QED) is 0.902. The first kappa shape index (κ1) is 15.2. The number of nitrogens with zero attached hydrogens (tertiary/aromatic N) is 1. The number of nitrogens with two attached hydrogens (primary N) is 1. The van der Waals surface area contributed by atoms with Crippen LogP contribution in [0.2, 0.25) is 0 Å². The van der Waals surface area contributed by atoms with Gasteiger partial charge in [-0.2, -0.15) is 5.26 Å². The number of benzene rings is 1. The van der Waals surface area contributed by atoms with E-state index in [2.05, 4.69) is 31.2 Å². The number of hydrogen-bond acceptors (Lipinski definition) is 2. The molecule has 0 aliphatic heterocycles. The van der Waals surface area contributed by atoms with E-state index in [1.807, 2.05) is 19.1 Å². The molecule has 0 heterocycles. The van der Waals surface area contributed by atoms with Crippen LogP contribution in [0.4, 0.5) is 0 Å². The Balaban J connectivity index is 0.000000200. The minimum Gasteiger partial charge on any atom is -0.369 e. The second kappa shape index (κ2) is 7.58. The molecule has 2 unspecified atom stereocenters. The van der Waals surface area contributed by atoms with Gasteiger partial charge in [0.2, 0.25) is 5.91 Å². The summed E-state index contributed by atoms with van der Waals surface area (Å²) in [5.74, 6) is -0.348. The summed E-state index contributed by atoms with van der Waals surface area (Å²) in [6, 6.07) is 12.4. The molecule has 19 heavy (non-hydrogen) atoms. The third-order valence-corrected chi connectivity index (χ3v) is 3.59. The second-order valence-electron chi connectivity index (χ2n) is 5.04. The van der Waals surface area contributed by atoms with Crippen LogP contribution in [-0.4, -0.2) is 5.91 Å². The van der Waals surface area contributed by atoms with Gasteiger partial charge in [0.05, 0.1) is 6.07 Å². The molecule has 0 spiro atoms. The lowest BCUT2D eigenvalue weighted by molar-refractivity contribution is -0.121. The molecule has 102 valence electrons. The number of hydrogen-bond donors (Lipinski definition) is 1. The van der Waals surface area contributed by atoms with E-state index in [1.54, 1.807) is 0 Å². The molecule has 0 radical (unpaired) electrons. The normalized spacial score (nSPS) is 16.5. The van der Waals surface area contributed by atoms with Crippen molar-refractivity contribution >= 4 is 5.91 Å². The van der Waals surface area contributed by atoms with Crippen molar-refractivity contribution in [3.63, 3.8) is 0 Å². The number of rotatable bonds is 4. The van der Waals surface area contributed by atoms with Crippen molar-refractivity contribution < 1.29 is 4.79 Å². The monoisotopic (exact) mass is 258 g/mol. The number of amides is 1. The van der Waals surface area contributed by atoms with Gasteiger partial charge < -0.3 is 5.73 Å². The summed E-state index contributed by atoms with van der Waals surface area (Å²) in [7, 11) is 0. The predicted octanol–water partition coefficient (Wildman–Crippen LogP) is 2.91. The van der Waals surface area contributed by atoms with Crippen LogP contribution in [0.25, 0.3) is 0 Å². The fourth-order valence-electron chi connectivity index (χ4n) is 2.05. The molecule has 3 nitrogen and oxygen atoms in total. The highest BCUT2D eigenvalue weighted by molar-refractivity contribution is 5.79. The van der Waals surface area contributed by atoms with Crippen molar-refractivity contribution in [1.29, 1.82) is 5.26 Å². The average Bonchev–Trinajstić information content (AvgIpc) is 3.25. The van der Waals surface area contributed by atoms with E-state index in [0.29, 0.717) is 5.92 Å². The van der Waals surface area contributed by atoms with Crippen molar-refractivity contribution in [2.75, 3.05) is 0 Å². The van der Waals surface area contributed by atoms with Gasteiger partial charge in [-0.1, -0.05) is 44.2 Å². The van der Waals surface area contributed by atoms with E-state index < -0.39 is 11.8 Å². The molecule has 0 aromatic heterocycles. The Morgan fingerprint density at radius 1 is 1.42 bits per heavy atom. The molecule has 1 aromatic rings. The summed E-state index contributed by atoms with van der Waals surface area (Å²) in [5, 5.41) is 8.59. The molecular weight excluding hydrogens is 236 g/mol. The zero-order valence-corrected chi connectivity index (χ0v) is 11.7. The van der Waals surface area contributed by atoms with E-state index in [4.69, 9.17) is 11.0 Å². The maximum atomic E-state index is 10.7. The molecule has 1 aliphatic rings. The summed E-state index contributed by atoms with van der Waals surface area (Å²) < 4.78 is 0. The third kappa shape index (κ3) is 5.13. The van der Waals surface area contributed by atoms with E-state index in [-0.39, 0.29) is 5.92 Å². The Labute approximate surface area is 115 Å². The molecule has 0 saturated heterocycles. The second-order valence-corrected chi connectivity index (χ2v) is 5.04. The molecule has 3 heteroatoms. The average molecular weight is 258 g/mol. The minimum atomic E-state index is -0.581. The highest BCUT2D eigenvalue weighted by Crippen LogP contribution is 2.39. The van der Waals surface area contributed by atoms with Gasteiger partial charge in [0.1, 0.15) is 5.92 Å². The Morgan fingerprint density at radius 2 is 2.00 bits per heavy atom. The first-order valence-corrected chi connectivity index (χ1v) is 6.83. The number of nitriles is 1. The molecular formula is C16H22N2O. The fraction of sp³-hybridized carbons (Fsp3) is 0.500. The Bertz CT molecular complexity index is 432. The van der Waals surface area contributed by atoms with Crippen LogP contribution in [0, 0.1) is 29.1 Å². The standard InChI is InChI=1S/C8H12N2O.C8H10/c1-5(6-2-3-6)7(4-9)8(10)11;1-2-8-6-4-3-5-7-8/h5-7H,2-3H2,1H3,(H2,10,11);3-7H,2H2,1H3. The highest BCUT2D eigenvalue weighted by atomic mass is 16.1. The van der Waals surface area contributed by atoms with Gasteiger partial charge in [-0.3, -0.25) is 4.79 Å². The zero-order valence-electron chi connectivity index (χ0n) is 11.7. The molecule has 1 aliphatic carbocycles. The van der Waals surface area contributed by atoms with Gasteiger partial charge in [0.25, 0.3) is 0 Å². The first-order chi connectivity index (χ1) is 9.10. The van der Waals surface area contributed by atoms with Gasteiger partial charge in [-0.15, -0.1) is 0 Å². The van der Waals surface area contributed by atoms with Crippen LogP contribution in [0.3, 0.4) is 0 Å². The number of aryl methyl sites for hydroxylation is 1. The molecule has 2 N–H and O–H groups in total. The number of carbonyl (C=O) groups excluding carboxylic acids is 1. The Morgan fingerprint density at radius 3 is 2.32 bits per heavy atom. The Hall–Kier alpha value is -1.82. The third-order valence-electron chi connectivity index (χ3n) is 3.59. The summed E-state index contributed by atoms with van der Waals surface area (Å²) in [6.07, 6.45) is 3.43. The zero-order chi connectivity index (χ0) is 14.3. The van der Waals surface area contributed by atoms with Crippen LogP contribution >= 0.6 is 0 Å². The van der Waals surface area contributed by atoms with Crippen molar-refractivity contribution in [2.24, 2.45) is 23.5 Å². The van der Waals surface area contributed by atoms with E-state index in [9.17, 15) is 4.79 Å². The molecule has 1 fully saturated rings. The summed E-state index contributed by atoms with van der Waals surface area (Å²) >= 11 is 0. The lowest BCUT2D eigenvalue weighted by Gasteiger charge is -2.12. The van der Waals surface area contributed by atoms with Gasteiger partial charge in [-0.25, -0.2) is 0 Å². The maximum absolute atomic E-state index is 10.7. The van der Waals surface area contributed by atoms with Crippen LogP contribution in [0.5, 0.6) is 0 Å². The van der Waals surface area contributed by atoms with Crippen molar-refractivity contribution in [3.8, 4) is 6.07 Å². The van der Waals surface area contributed by atoms with Crippen molar-refractivity contribution in [2.45, 2.75) is 33.1 Å². The molecule has 1 amide bonds. The van der Waals surface area contributed by atoms with Gasteiger partial charge in [0.15, 0.2) is 0 Å². The lowest BCUT2D eigenvalue weighted by Crippen LogP contribution is -2.28. The fourth-order valence-corrected chi connectivity index (χ4v) is 2.05. The topological polar surface area (TPSA) is 66.9 Å². The predicted molar refractivity (Wildman–Crippen MR) is 76.0 cm³/mol. The van der Waals surface area contributed by atoms with Crippen LogP contribution < -0.4 is 5.73 Å². The number of carbonyl (C=O) groups is 1. The molecule has 2 atom stereocenters. The van der Waals surface area contributed by atoms with E-state index in [1.165, 1.54) is 5.56 Å². The van der Waals surface area contributed by atoms with Crippen LogP contribution in [0.1, 0.15) is 32.3 Å². The minimum absolute atomic E-state index is 0.150. The van der Waals surface area contributed by atoms with Gasteiger partial charge >= 0.3 is 0 Å². The van der Waals surface area contributed by atoms with Crippen LogP contribution in [-0.2, 0) is 11.2 Å². The summed E-state index contributed by atoms with van der Waals surface area (Å²) in [4.78, 5) is 10.7. The van der Waals surface area contributed by atoms with Gasteiger partial charge in [-0.05, 0) is 36.7 Å². The van der Waals surface area contributed by atoms with E-state index in [0.717, 1.165) is 19.3 Å². The molecule has 2 rings (SSSR count). The largest absolute Gasteiger partial charge is 0.369 e.